The maximum atomic E-state index is 14.0. The molecule has 37 nitrogen and oxygen atoms in total. The Morgan fingerprint density at radius 3 is 0.933 bits per heavy atom. The van der Waals surface area contributed by atoms with Crippen molar-refractivity contribution in [1.29, 1.82) is 0 Å². The molecule has 7 N–H and O–H groups in total. The minimum Gasteiger partial charge on any atom is -0.479 e. The number of likely N-dealkylation sites (tertiary alicyclic amines) is 4. The molecule has 0 saturated carbocycles. The first-order valence-corrected chi connectivity index (χ1v) is 50.5. The van der Waals surface area contributed by atoms with E-state index >= 15 is 0 Å². The van der Waals surface area contributed by atoms with E-state index in [2.05, 4.69) is 30.7 Å². The molecule has 3 aromatic heterocycles. The van der Waals surface area contributed by atoms with Gasteiger partial charge < -0.3 is 103 Å². The Kier molecular flexibility index (Phi) is 36.1. The number of ether oxygens (including phenoxy) is 11. The molecule has 8 aliphatic heterocycles. The first kappa shape index (κ1) is 114. The average Bonchev–Trinajstić information content (AvgIpc) is 1.60. The SMILES string of the molecule is COC(=O)[C@@H]1OC(C)(C)O[C@@]1(C)C(=O)N1CCCC1c1ccccc1.COC(=O)[C@@H]1OC(C)(C)O[C@@]1(C)C(=O)N1CCCC1c1ccccc1.COC(=O)[C@@H]1OC(C)(C)O[C@@]1(C)C(=O)O.C[C@@H](N)c1ccc(-n2cccn2)cc1.C[C@@H](NC(=O)[C@@H]1OC(C)(C)O[C@@]1(C)C(=O)N1CCCC1c1ccccc1)c1ccc(-n2cccn2)cc1.C[C@@H](NC(=O)[C@H](O)[C@@](C)(O)C(=O)N1CCCC1c1ccccc1)c1ccc(-n2cccn2)cc1. The van der Waals surface area contributed by atoms with Gasteiger partial charge in [0.1, 0.15) is 0 Å². The molecule has 8 aliphatic rings. The van der Waals surface area contributed by atoms with Crippen LogP contribution >= 0.6 is 0 Å². The fourth-order valence-electron chi connectivity index (χ4n) is 20.4. The smallest absolute Gasteiger partial charge is 0.339 e. The molecule has 8 fully saturated rings. The van der Waals surface area contributed by atoms with Gasteiger partial charge in [-0.05, 0) is 256 Å². The van der Waals surface area contributed by atoms with E-state index in [9.17, 15) is 58.2 Å². The molecule has 4 unspecified atom stereocenters. The first-order chi connectivity index (χ1) is 71.0. The summed E-state index contributed by atoms with van der Waals surface area (Å²) in [5.74, 6) is -10.0. The molecular formula is C113H141N13O24. The van der Waals surface area contributed by atoms with Gasteiger partial charge >= 0.3 is 23.9 Å². The molecule has 0 spiro atoms. The third kappa shape index (κ3) is 26.0. The van der Waals surface area contributed by atoms with Gasteiger partial charge in [-0.15, -0.1) is 0 Å². The van der Waals surface area contributed by atoms with Crippen LogP contribution in [0.25, 0.3) is 17.1 Å². The van der Waals surface area contributed by atoms with Gasteiger partial charge in [0.05, 0.1) is 74.6 Å². The third-order valence-corrected chi connectivity index (χ3v) is 27.9. The zero-order chi connectivity index (χ0) is 109. The molecule has 7 aromatic carbocycles. The highest BCUT2D eigenvalue weighted by Gasteiger charge is 2.65. The summed E-state index contributed by atoms with van der Waals surface area (Å²) in [5, 5.41) is 49.0. The lowest BCUT2D eigenvalue weighted by atomic mass is 9.94. The molecule has 18 rings (SSSR count). The van der Waals surface area contributed by atoms with Crippen molar-refractivity contribution in [2.45, 2.75) is 286 Å². The van der Waals surface area contributed by atoms with Crippen LogP contribution in [-0.2, 0) is 100 Å². The summed E-state index contributed by atoms with van der Waals surface area (Å²) in [4.78, 5) is 134. The van der Waals surface area contributed by atoms with Crippen LogP contribution in [0.2, 0.25) is 0 Å². The molecule has 802 valence electrons. The van der Waals surface area contributed by atoms with E-state index < -0.39 is 123 Å². The molecular weight excluding hydrogens is 1920 g/mol. The lowest BCUT2D eigenvalue weighted by Crippen LogP contribution is -2.58. The predicted octanol–water partition coefficient (Wildman–Crippen LogP) is 13.8. The number of carboxylic acids is 1. The number of hydrogen-bond acceptors (Lipinski definition) is 27. The topological polar surface area (TPSA) is 449 Å². The number of methoxy groups -OCH3 is 3. The highest BCUT2D eigenvalue weighted by atomic mass is 16.8. The van der Waals surface area contributed by atoms with Crippen molar-refractivity contribution in [1.82, 2.24) is 59.6 Å². The third-order valence-electron chi connectivity index (χ3n) is 27.9. The van der Waals surface area contributed by atoms with E-state index in [0.29, 0.717) is 26.2 Å². The largest absolute Gasteiger partial charge is 0.479 e. The van der Waals surface area contributed by atoms with Gasteiger partial charge in [0.25, 0.3) is 35.4 Å². The fraction of sp³-hybridized carbons (Fsp3) is 0.460. The number of nitrogens with two attached hydrogens (primary N) is 1. The number of rotatable bonds is 23. The van der Waals surface area contributed by atoms with Gasteiger partial charge in [-0.25, -0.2) is 33.2 Å². The van der Waals surface area contributed by atoms with Crippen LogP contribution in [-0.4, -0.2) is 253 Å². The standard InChI is InChI=1S/C29H34N4O4.C26H30N4O4.2C19H25NO5.C11H13N3.C9H14O6/c1-20(21-13-15-23(16-14-21)33-19-9-17-30-33)31-26(34)25-29(4,37-28(2,3)36-25)27(35)32-18-8-12-24(32)22-10-6-5-7-11-22;1-18(19-11-13-21(14-12-19)30-17-7-15-27-30)28-24(32)23(31)26(2,34)25(33)29-16-6-10-22(29)20-8-4-3-5-9-20;2*1-18(2)24-15(16(21)23-4)19(3,25-18)17(22)20-12-8-11-14(20)13-9-6-5-7-10-13;1-9(12)10-3-5-11(6-4-10)14-8-2-7-13-14;1-8(2)14-5(6(10)13-4)9(3,15-8)7(11)12/h5-7,9-11,13-17,19-20,24-25H,8,12,18H2,1-4H3,(H,31,34);3-5,7-9,11-15,17-18,22-23,31,34H,6,10,16H2,1-2H3,(H,28,32);2*5-7,9-10,14-15H,8,11-12H2,1-4H3;2-9H,12H2,1H3;5H,1-4H3,(H,11,12)/t20-,24?,25+,29-;18-,22?,23+,26-;2*14?,15-,19+;9-;5-,9+/m110010/s1. The average molecular weight is 2070 g/mol. The maximum Gasteiger partial charge on any atom is 0.339 e. The molecule has 37 heteroatoms. The number of aliphatic hydroxyl groups is 2. The van der Waals surface area contributed by atoms with Crippen LogP contribution < -0.4 is 16.4 Å². The van der Waals surface area contributed by atoms with Gasteiger partial charge in [0, 0.05) is 69.4 Å². The van der Waals surface area contributed by atoms with Crippen LogP contribution in [0.1, 0.15) is 243 Å². The Labute approximate surface area is 874 Å². The number of hydrogen-bond donors (Lipinski definition) is 6. The Morgan fingerprint density at radius 1 is 0.380 bits per heavy atom. The number of nitrogens with zero attached hydrogens (tertiary/aromatic N) is 10. The number of amides is 6. The molecule has 11 heterocycles. The van der Waals surface area contributed by atoms with Crippen LogP contribution in [0, 0.1) is 0 Å². The van der Waals surface area contributed by atoms with E-state index in [1.54, 1.807) is 112 Å². The molecule has 150 heavy (non-hydrogen) atoms. The molecule has 0 aliphatic carbocycles. The zero-order valence-electron chi connectivity index (χ0n) is 88.5. The number of nitrogens with one attached hydrogen (secondary N) is 2. The number of aliphatic hydroxyl groups excluding tert-OH is 1. The minimum atomic E-state index is -2.26. The molecule has 0 bridgehead atoms. The highest BCUT2D eigenvalue weighted by Crippen LogP contribution is 2.48. The Bertz CT molecular complexity index is 6110. The number of carbonyl (C=O) groups is 10. The normalized spacial score (nSPS) is 25.6. The lowest BCUT2D eigenvalue weighted by molar-refractivity contribution is -0.182. The summed E-state index contributed by atoms with van der Waals surface area (Å²) in [6, 6.07) is 67.5. The minimum absolute atomic E-state index is 0.0175. The summed E-state index contributed by atoms with van der Waals surface area (Å²) in [5.41, 5.74) is 7.49. The maximum absolute atomic E-state index is 14.0. The monoisotopic (exact) mass is 2060 g/mol. The van der Waals surface area contributed by atoms with Crippen LogP contribution in [0.3, 0.4) is 0 Å². The quantitative estimate of drug-likeness (QED) is 0.0256. The summed E-state index contributed by atoms with van der Waals surface area (Å²) < 4.78 is 65.3. The fourth-order valence-corrected chi connectivity index (χ4v) is 20.4. The molecule has 10 aromatic rings. The van der Waals surface area contributed by atoms with Crippen molar-refractivity contribution < 1.29 is 115 Å². The van der Waals surface area contributed by atoms with Gasteiger partial charge in [-0.1, -0.05) is 158 Å². The number of aromatic nitrogens is 6. The second kappa shape index (κ2) is 47.7. The Hall–Kier alpha value is -13.6. The van der Waals surface area contributed by atoms with E-state index in [1.807, 2.05) is 254 Å². The summed E-state index contributed by atoms with van der Waals surface area (Å²) in [7, 11) is 3.73. The highest BCUT2D eigenvalue weighted by molar-refractivity contribution is 5.97. The summed E-state index contributed by atoms with van der Waals surface area (Å²) >= 11 is 0. The zero-order valence-corrected chi connectivity index (χ0v) is 88.5. The van der Waals surface area contributed by atoms with E-state index in [-0.39, 0.29) is 59.9 Å². The van der Waals surface area contributed by atoms with Crippen molar-refractivity contribution in [2.75, 3.05) is 47.5 Å². The van der Waals surface area contributed by atoms with Crippen LogP contribution in [0.15, 0.2) is 250 Å². The van der Waals surface area contributed by atoms with Crippen LogP contribution in [0.4, 0.5) is 0 Å². The van der Waals surface area contributed by atoms with Crippen molar-refractivity contribution in [3.8, 4) is 17.1 Å². The molecule has 17 atom stereocenters. The van der Waals surface area contributed by atoms with Gasteiger partial charge in [0.2, 0.25) is 5.60 Å². The van der Waals surface area contributed by atoms with E-state index in [0.717, 1.165) is 107 Å². The number of aliphatic carboxylic acids is 1. The second-order valence-corrected chi connectivity index (χ2v) is 41.0. The molecule has 0 radical (unpaired) electrons. The van der Waals surface area contributed by atoms with Crippen molar-refractivity contribution in [3.05, 3.63) is 288 Å². The Balaban J connectivity index is 0.000000155. The Morgan fingerprint density at radius 2 is 0.647 bits per heavy atom. The predicted molar refractivity (Wildman–Crippen MR) is 551 cm³/mol. The van der Waals surface area contributed by atoms with Crippen LogP contribution in [0.5, 0.6) is 0 Å². The molecule has 8 saturated heterocycles. The number of carbonyl (C=O) groups excluding carboxylic acids is 9. The lowest BCUT2D eigenvalue weighted by Gasteiger charge is -2.35. The number of carboxylic acid groups (broad SMARTS) is 1. The summed E-state index contributed by atoms with van der Waals surface area (Å²) in [6.45, 7) is 28.7. The second-order valence-electron chi connectivity index (χ2n) is 41.0. The van der Waals surface area contributed by atoms with Crippen molar-refractivity contribution >= 4 is 59.3 Å². The molecule has 6 amide bonds. The first-order valence-electron chi connectivity index (χ1n) is 50.5. The van der Waals surface area contributed by atoms with Crippen molar-refractivity contribution in [2.24, 2.45) is 5.73 Å². The van der Waals surface area contributed by atoms with Crippen molar-refractivity contribution in [3.63, 3.8) is 0 Å². The summed E-state index contributed by atoms with van der Waals surface area (Å²) in [6.07, 6.45) is 11.3. The van der Waals surface area contributed by atoms with Gasteiger partial charge in [-0.3, -0.25) is 28.8 Å². The van der Waals surface area contributed by atoms with E-state index in [4.69, 9.17) is 58.2 Å². The van der Waals surface area contributed by atoms with E-state index in [1.165, 1.54) is 49.0 Å². The number of esters is 3. The van der Waals surface area contributed by atoms with Gasteiger partial charge in [0.15, 0.2) is 76.1 Å². The number of benzene rings is 7. The van der Waals surface area contributed by atoms with Gasteiger partial charge in [-0.2, -0.15) is 15.3 Å².